The lowest BCUT2D eigenvalue weighted by Crippen LogP contribution is -2.32. The molecule has 1 amide bonds. The Morgan fingerprint density at radius 2 is 1.89 bits per heavy atom. The molecule has 140 valence electrons. The van der Waals surface area contributed by atoms with E-state index in [2.05, 4.69) is 4.98 Å². The average Bonchev–Trinajstić information content (AvgIpc) is 3.14. The minimum atomic E-state index is -0.0598. The van der Waals surface area contributed by atoms with Crippen LogP contribution in [0.5, 0.6) is 0 Å². The summed E-state index contributed by atoms with van der Waals surface area (Å²) in [6.07, 6.45) is 1.94. The maximum Gasteiger partial charge on any atom is 0.233 e. The number of rotatable bonds is 5. The molecule has 0 radical (unpaired) electrons. The number of hydrogen-bond acceptors (Lipinski definition) is 4. The molecule has 0 saturated carbocycles. The second kappa shape index (κ2) is 8.09. The lowest BCUT2D eigenvalue weighted by molar-refractivity contribution is -0.118. The fourth-order valence-electron chi connectivity index (χ4n) is 3.01. The standard InChI is InChI=1S/C22H18ClN3OS/c1-15-7-6-11-19-21(15)25-22(28-19)26(14-17-9-4-5-12-24-17)20(27)13-16-8-2-3-10-18(16)23/h2-12H,13-14H2,1H3. The van der Waals surface area contributed by atoms with Crippen molar-refractivity contribution < 1.29 is 4.79 Å². The molecule has 0 spiro atoms. The van der Waals surface area contributed by atoms with Crippen molar-refractivity contribution >= 4 is 44.2 Å². The summed E-state index contributed by atoms with van der Waals surface area (Å²) in [7, 11) is 0. The van der Waals surface area contributed by atoms with E-state index in [0.29, 0.717) is 16.7 Å². The summed E-state index contributed by atoms with van der Waals surface area (Å²) in [5.74, 6) is -0.0598. The molecule has 2 aromatic heterocycles. The summed E-state index contributed by atoms with van der Waals surface area (Å²) in [4.78, 5) is 24.1. The van der Waals surface area contributed by atoms with E-state index < -0.39 is 0 Å². The third-order valence-electron chi connectivity index (χ3n) is 4.49. The molecule has 0 fully saturated rings. The summed E-state index contributed by atoms with van der Waals surface area (Å²) in [5, 5.41) is 1.26. The highest BCUT2D eigenvalue weighted by Crippen LogP contribution is 2.32. The number of anilines is 1. The molecule has 0 unspecified atom stereocenters. The van der Waals surface area contributed by atoms with E-state index in [1.54, 1.807) is 17.2 Å². The lowest BCUT2D eigenvalue weighted by Gasteiger charge is -2.20. The van der Waals surface area contributed by atoms with E-state index in [-0.39, 0.29) is 12.3 Å². The molecular formula is C22H18ClN3OS. The summed E-state index contributed by atoms with van der Waals surface area (Å²) in [6.45, 7) is 2.39. The fraction of sp³-hybridized carbons (Fsp3) is 0.136. The van der Waals surface area contributed by atoms with Gasteiger partial charge in [-0.3, -0.25) is 14.7 Å². The van der Waals surface area contributed by atoms with Gasteiger partial charge in [-0.15, -0.1) is 0 Å². The number of amides is 1. The predicted molar refractivity (Wildman–Crippen MR) is 115 cm³/mol. The quantitative estimate of drug-likeness (QED) is 0.443. The molecule has 0 saturated heterocycles. The Balaban J connectivity index is 1.71. The van der Waals surface area contributed by atoms with Crippen LogP contribution in [0.1, 0.15) is 16.8 Å². The summed E-state index contributed by atoms with van der Waals surface area (Å²) in [5.41, 5.74) is 3.64. The van der Waals surface area contributed by atoms with E-state index in [9.17, 15) is 4.79 Å². The van der Waals surface area contributed by atoms with Crippen LogP contribution in [0.15, 0.2) is 66.9 Å². The highest BCUT2D eigenvalue weighted by Gasteiger charge is 2.22. The zero-order valence-corrected chi connectivity index (χ0v) is 16.9. The van der Waals surface area contributed by atoms with Gasteiger partial charge in [-0.1, -0.05) is 59.3 Å². The van der Waals surface area contributed by atoms with Gasteiger partial charge in [-0.2, -0.15) is 0 Å². The van der Waals surface area contributed by atoms with Gasteiger partial charge < -0.3 is 0 Å². The van der Waals surface area contributed by atoms with Gasteiger partial charge in [0.25, 0.3) is 0 Å². The molecule has 6 heteroatoms. The predicted octanol–water partition coefficient (Wildman–Crippen LogP) is 5.43. The number of benzene rings is 2. The van der Waals surface area contributed by atoms with Crippen LogP contribution in [0.4, 0.5) is 5.13 Å². The highest BCUT2D eigenvalue weighted by molar-refractivity contribution is 7.22. The molecule has 0 atom stereocenters. The van der Waals surface area contributed by atoms with E-state index in [0.717, 1.165) is 27.0 Å². The van der Waals surface area contributed by atoms with Crippen LogP contribution in [0.3, 0.4) is 0 Å². The number of pyridine rings is 1. The first kappa shape index (κ1) is 18.6. The molecule has 0 bridgehead atoms. The smallest absolute Gasteiger partial charge is 0.233 e. The van der Waals surface area contributed by atoms with E-state index in [1.807, 2.05) is 61.5 Å². The third kappa shape index (κ3) is 3.91. The molecule has 0 aliphatic heterocycles. The van der Waals surface area contributed by atoms with Crippen LogP contribution in [0.2, 0.25) is 5.02 Å². The van der Waals surface area contributed by atoms with E-state index in [4.69, 9.17) is 16.6 Å². The molecule has 2 aromatic carbocycles. The minimum Gasteiger partial charge on any atom is -0.282 e. The normalized spacial score (nSPS) is 10.9. The number of fused-ring (bicyclic) bond motifs is 1. The molecular weight excluding hydrogens is 390 g/mol. The van der Waals surface area contributed by atoms with Gasteiger partial charge in [0.2, 0.25) is 5.91 Å². The third-order valence-corrected chi connectivity index (χ3v) is 5.90. The molecule has 2 heterocycles. The molecule has 4 aromatic rings. The zero-order chi connectivity index (χ0) is 19.5. The maximum atomic E-state index is 13.2. The van der Waals surface area contributed by atoms with E-state index in [1.165, 1.54) is 11.3 Å². The highest BCUT2D eigenvalue weighted by atomic mass is 35.5. The number of halogens is 1. The van der Waals surface area contributed by atoms with Gasteiger partial charge >= 0.3 is 0 Å². The Morgan fingerprint density at radius 1 is 1.07 bits per heavy atom. The monoisotopic (exact) mass is 407 g/mol. The molecule has 4 rings (SSSR count). The summed E-state index contributed by atoms with van der Waals surface area (Å²) >= 11 is 7.78. The number of carbonyl (C=O) groups excluding carboxylic acids is 1. The van der Waals surface area contributed by atoms with Crippen LogP contribution in [0.25, 0.3) is 10.2 Å². The Labute approximate surface area is 172 Å². The van der Waals surface area contributed by atoms with Crippen LogP contribution in [0, 0.1) is 6.92 Å². The molecule has 0 aliphatic rings. The van der Waals surface area contributed by atoms with Gasteiger partial charge in [0.05, 0.1) is 28.9 Å². The van der Waals surface area contributed by atoms with Crippen LogP contribution >= 0.6 is 22.9 Å². The van der Waals surface area contributed by atoms with Crippen molar-refractivity contribution in [3.63, 3.8) is 0 Å². The van der Waals surface area contributed by atoms with Gasteiger partial charge in [0.15, 0.2) is 5.13 Å². The van der Waals surface area contributed by atoms with Crippen LogP contribution in [-0.2, 0) is 17.8 Å². The maximum absolute atomic E-state index is 13.2. The Bertz CT molecular complexity index is 1130. The average molecular weight is 408 g/mol. The van der Waals surface area contributed by atoms with Gasteiger partial charge in [-0.05, 0) is 42.3 Å². The first-order valence-electron chi connectivity index (χ1n) is 8.91. The van der Waals surface area contributed by atoms with Crippen molar-refractivity contribution in [3.8, 4) is 0 Å². The molecule has 4 nitrogen and oxygen atoms in total. The van der Waals surface area contributed by atoms with Crippen molar-refractivity contribution in [2.24, 2.45) is 0 Å². The fourth-order valence-corrected chi connectivity index (χ4v) is 4.27. The van der Waals surface area contributed by atoms with Crippen LogP contribution < -0.4 is 4.90 Å². The second-order valence-electron chi connectivity index (χ2n) is 6.49. The van der Waals surface area contributed by atoms with Gasteiger partial charge in [-0.25, -0.2) is 4.98 Å². The second-order valence-corrected chi connectivity index (χ2v) is 7.90. The first-order chi connectivity index (χ1) is 13.6. The number of nitrogens with zero attached hydrogens (tertiary/aromatic N) is 3. The number of para-hydroxylation sites is 1. The number of thiazole rings is 1. The lowest BCUT2D eigenvalue weighted by atomic mass is 10.1. The number of aromatic nitrogens is 2. The van der Waals surface area contributed by atoms with Crippen molar-refractivity contribution in [1.82, 2.24) is 9.97 Å². The molecule has 0 N–H and O–H groups in total. The van der Waals surface area contributed by atoms with Crippen molar-refractivity contribution in [1.29, 1.82) is 0 Å². The zero-order valence-electron chi connectivity index (χ0n) is 15.3. The summed E-state index contributed by atoms with van der Waals surface area (Å²) < 4.78 is 1.06. The largest absolute Gasteiger partial charge is 0.282 e. The van der Waals surface area contributed by atoms with Crippen molar-refractivity contribution in [3.05, 3.63) is 88.7 Å². The first-order valence-corrected chi connectivity index (χ1v) is 10.1. The molecule has 28 heavy (non-hydrogen) atoms. The topological polar surface area (TPSA) is 46.1 Å². The van der Waals surface area contributed by atoms with Gasteiger partial charge in [0, 0.05) is 11.2 Å². The molecule has 0 aliphatic carbocycles. The Morgan fingerprint density at radius 3 is 2.64 bits per heavy atom. The SMILES string of the molecule is Cc1cccc2sc(N(Cc3ccccn3)C(=O)Cc3ccccc3Cl)nc12. The number of hydrogen-bond donors (Lipinski definition) is 0. The number of aryl methyl sites for hydroxylation is 1. The Hall–Kier alpha value is -2.76. The minimum absolute atomic E-state index is 0.0598. The van der Waals surface area contributed by atoms with Crippen molar-refractivity contribution in [2.45, 2.75) is 19.9 Å². The van der Waals surface area contributed by atoms with E-state index >= 15 is 0 Å². The summed E-state index contributed by atoms with van der Waals surface area (Å²) in [6, 6.07) is 19.2. The van der Waals surface area contributed by atoms with Crippen LogP contribution in [-0.4, -0.2) is 15.9 Å². The van der Waals surface area contributed by atoms with Gasteiger partial charge in [0.1, 0.15) is 0 Å². The van der Waals surface area contributed by atoms with Crippen molar-refractivity contribution in [2.75, 3.05) is 4.90 Å². The Kier molecular flexibility index (Phi) is 5.37. The number of carbonyl (C=O) groups is 1.